The van der Waals surface area contributed by atoms with Crippen LogP contribution in [-0.4, -0.2) is 30.1 Å². The zero-order chi connectivity index (χ0) is 8.48. The first-order chi connectivity index (χ1) is 5.03. The molecule has 0 spiro atoms. The maximum Gasteiger partial charge on any atom is 0.389 e. The summed E-state index contributed by atoms with van der Waals surface area (Å²) in [5.74, 6) is 0. The molecular weight excluding hydrogens is 161 g/mol. The van der Waals surface area contributed by atoms with Crippen LogP contribution in [0, 0.1) is 0 Å². The molecule has 0 unspecified atom stereocenters. The molecule has 0 saturated carbocycles. The van der Waals surface area contributed by atoms with E-state index in [1.807, 2.05) is 0 Å². The van der Waals surface area contributed by atoms with Gasteiger partial charge < -0.3 is 9.84 Å². The van der Waals surface area contributed by atoms with Crippen molar-refractivity contribution in [1.29, 1.82) is 0 Å². The number of rotatable bonds is 3. The van der Waals surface area contributed by atoms with Gasteiger partial charge in [0.15, 0.2) is 0 Å². The van der Waals surface area contributed by atoms with Gasteiger partial charge in [0, 0.05) is 6.42 Å². The average Bonchev–Trinajstić information content (AvgIpc) is 2.60. The molecule has 1 heterocycles. The Hall–Kier alpha value is -0.290. The van der Waals surface area contributed by atoms with E-state index < -0.39 is 12.6 Å². The minimum atomic E-state index is -4.11. The Morgan fingerprint density at radius 3 is 2.27 bits per heavy atom. The monoisotopic (exact) mass is 170 g/mol. The van der Waals surface area contributed by atoms with Crippen LogP contribution in [0.15, 0.2) is 0 Å². The summed E-state index contributed by atoms with van der Waals surface area (Å²) >= 11 is 0. The molecule has 2 atom stereocenters. The lowest BCUT2D eigenvalue weighted by Gasteiger charge is -2.02. The SMILES string of the molecule is OC[C@@H]1O[C@@H]1CCC(F)(F)F. The first kappa shape index (κ1) is 8.80. The van der Waals surface area contributed by atoms with Crippen LogP contribution in [0.4, 0.5) is 13.2 Å². The fourth-order valence-corrected chi connectivity index (χ4v) is 0.900. The second-order valence-electron chi connectivity index (χ2n) is 2.55. The van der Waals surface area contributed by atoms with E-state index in [4.69, 9.17) is 9.84 Å². The van der Waals surface area contributed by atoms with E-state index in [9.17, 15) is 13.2 Å². The molecule has 0 aromatic rings. The Morgan fingerprint density at radius 2 is 1.91 bits per heavy atom. The summed E-state index contributed by atoms with van der Waals surface area (Å²) in [5, 5.41) is 8.40. The third-order valence-electron chi connectivity index (χ3n) is 1.58. The van der Waals surface area contributed by atoms with Crippen LogP contribution in [0.3, 0.4) is 0 Å². The Kier molecular flexibility index (Phi) is 2.39. The average molecular weight is 170 g/mol. The van der Waals surface area contributed by atoms with Gasteiger partial charge in [0.25, 0.3) is 0 Å². The summed E-state index contributed by atoms with van der Waals surface area (Å²) < 4.78 is 39.4. The largest absolute Gasteiger partial charge is 0.394 e. The van der Waals surface area contributed by atoms with E-state index in [0.29, 0.717) is 0 Å². The quantitative estimate of drug-likeness (QED) is 0.643. The van der Waals surface area contributed by atoms with Crippen LogP contribution < -0.4 is 0 Å². The standard InChI is InChI=1S/C6H9F3O2/c7-6(8,9)2-1-4-5(3-10)11-4/h4-5,10H,1-3H2/t4-,5+/m1/s1. The van der Waals surface area contributed by atoms with Gasteiger partial charge in [0.2, 0.25) is 0 Å². The van der Waals surface area contributed by atoms with Gasteiger partial charge in [0.05, 0.1) is 12.7 Å². The number of halogens is 3. The Morgan fingerprint density at radius 1 is 1.27 bits per heavy atom. The smallest absolute Gasteiger partial charge is 0.389 e. The number of hydrogen-bond acceptors (Lipinski definition) is 2. The normalized spacial score (nSPS) is 30.5. The highest BCUT2D eigenvalue weighted by molar-refractivity contribution is 4.84. The van der Waals surface area contributed by atoms with Crippen molar-refractivity contribution in [1.82, 2.24) is 0 Å². The summed E-state index contributed by atoms with van der Waals surface area (Å²) in [5.41, 5.74) is 0. The zero-order valence-corrected chi connectivity index (χ0v) is 5.77. The van der Waals surface area contributed by atoms with E-state index in [2.05, 4.69) is 0 Å². The van der Waals surface area contributed by atoms with Gasteiger partial charge in [0.1, 0.15) is 6.10 Å². The number of alkyl halides is 3. The molecule has 1 aliphatic heterocycles. The van der Waals surface area contributed by atoms with Gasteiger partial charge in [-0.1, -0.05) is 0 Å². The minimum Gasteiger partial charge on any atom is -0.394 e. The highest BCUT2D eigenvalue weighted by atomic mass is 19.4. The molecule has 0 amide bonds. The lowest BCUT2D eigenvalue weighted by Crippen LogP contribution is -2.09. The molecule has 2 nitrogen and oxygen atoms in total. The lowest BCUT2D eigenvalue weighted by molar-refractivity contribution is -0.136. The molecule has 0 aromatic carbocycles. The highest BCUT2D eigenvalue weighted by Gasteiger charge is 2.40. The molecule has 1 aliphatic rings. The van der Waals surface area contributed by atoms with Crippen molar-refractivity contribution in [2.75, 3.05) is 6.61 Å². The molecular formula is C6H9F3O2. The van der Waals surface area contributed by atoms with Crippen molar-refractivity contribution in [2.24, 2.45) is 0 Å². The first-order valence-electron chi connectivity index (χ1n) is 3.36. The van der Waals surface area contributed by atoms with Crippen molar-refractivity contribution in [3.05, 3.63) is 0 Å². The number of hydrogen-bond donors (Lipinski definition) is 1. The van der Waals surface area contributed by atoms with Gasteiger partial charge >= 0.3 is 6.18 Å². The molecule has 0 aliphatic carbocycles. The minimum absolute atomic E-state index is 0.0330. The van der Waals surface area contributed by atoms with Crippen molar-refractivity contribution in [3.8, 4) is 0 Å². The van der Waals surface area contributed by atoms with Crippen LogP contribution in [0.1, 0.15) is 12.8 Å². The van der Waals surface area contributed by atoms with E-state index in [0.717, 1.165) is 0 Å². The lowest BCUT2D eigenvalue weighted by atomic mass is 10.2. The van der Waals surface area contributed by atoms with Gasteiger partial charge in [-0.05, 0) is 6.42 Å². The number of ether oxygens (including phenoxy) is 1. The Labute approximate surface area is 62.0 Å². The summed E-state index contributed by atoms with van der Waals surface area (Å²) in [7, 11) is 0. The zero-order valence-electron chi connectivity index (χ0n) is 5.77. The molecule has 0 bridgehead atoms. The fraction of sp³-hybridized carbons (Fsp3) is 1.00. The molecule has 1 rings (SSSR count). The van der Waals surface area contributed by atoms with Crippen LogP contribution in [0.25, 0.3) is 0 Å². The van der Waals surface area contributed by atoms with Gasteiger partial charge in [-0.2, -0.15) is 13.2 Å². The maximum atomic E-state index is 11.6. The van der Waals surface area contributed by atoms with Crippen LogP contribution in [0.2, 0.25) is 0 Å². The van der Waals surface area contributed by atoms with Crippen LogP contribution in [0.5, 0.6) is 0 Å². The third-order valence-corrected chi connectivity index (χ3v) is 1.58. The predicted molar refractivity (Wildman–Crippen MR) is 31.0 cm³/mol. The summed E-state index contributed by atoms with van der Waals surface area (Å²) in [6.45, 7) is -0.178. The molecule has 0 aromatic heterocycles. The summed E-state index contributed by atoms with van der Waals surface area (Å²) in [6, 6.07) is 0. The van der Waals surface area contributed by atoms with E-state index in [1.54, 1.807) is 0 Å². The summed E-state index contributed by atoms with van der Waals surface area (Å²) in [4.78, 5) is 0. The molecule has 66 valence electrons. The number of aliphatic hydroxyl groups is 1. The van der Waals surface area contributed by atoms with Crippen LogP contribution >= 0.6 is 0 Å². The van der Waals surface area contributed by atoms with Gasteiger partial charge in [-0.15, -0.1) is 0 Å². The van der Waals surface area contributed by atoms with Crippen molar-refractivity contribution >= 4 is 0 Å². The molecule has 0 radical (unpaired) electrons. The maximum absolute atomic E-state index is 11.6. The highest BCUT2D eigenvalue weighted by Crippen LogP contribution is 2.31. The molecule has 5 heteroatoms. The Bertz CT molecular complexity index is 134. The summed E-state index contributed by atoms with van der Waals surface area (Å²) in [6.07, 6.45) is -5.69. The van der Waals surface area contributed by atoms with E-state index in [-0.39, 0.29) is 25.2 Å². The molecule has 11 heavy (non-hydrogen) atoms. The second kappa shape index (κ2) is 2.98. The first-order valence-corrected chi connectivity index (χ1v) is 3.36. The predicted octanol–water partition coefficient (Wildman–Crippen LogP) is 1.09. The fourth-order valence-electron chi connectivity index (χ4n) is 0.900. The third kappa shape index (κ3) is 3.07. The molecule has 1 fully saturated rings. The van der Waals surface area contributed by atoms with Gasteiger partial charge in [-0.3, -0.25) is 0 Å². The van der Waals surface area contributed by atoms with E-state index in [1.165, 1.54) is 0 Å². The van der Waals surface area contributed by atoms with Gasteiger partial charge in [-0.25, -0.2) is 0 Å². The number of aliphatic hydroxyl groups excluding tert-OH is 1. The van der Waals surface area contributed by atoms with Crippen LogP contribution in [-0.2, 0) is 4.74 Å². The second-order valence-corrected chi connectivity index (χ2v) is 2.55. The molecule has 1 saturated heterocycles. The van der Waals surface area contributed by atoms with Crippen molar-refractivity contribution < 1.29 is 23.0 Å². The van der Waals surface area contributed by atoms with E-state index >= 15 is 0 Å². The topological polar surface area (TPSA) is 32.8 Å². The number of epoxide rings is 1. The Balaban J connectivity index is 2.06. The van der Waals surface area contributed by atoms with Crippen molar-refractivity contribution in [3.63, 3.8) is 0 Å². The van der Waals surface area contributed by atoms with Crippen molar-refractivity contribution in [2.45, 2.75) is 31.2 Å². The molecule has 1 N–H and O–H groups in total.